The van der Waals surface area contributed by atoms with Gasteiger partial charge in [-0.25, -0.2) is 0 Å². The molecule has 0 heterocycles. The maximum Gasteiger partial charge on any atom is 0.256 e. The summed E-state index contributed by atoms with van der Waals surface area (Å²) in [6.45, 7) is 3.82. The lowest BCUT2D eigenvalue weighted by Gasteiger charge is -2.24. The molecule has 0 atom stereocenters. The zero-order valence-corrected chi connectivity index (χ0v) is 11.9. The number of nitriles is 1. The Labute approximate surface area is 114 Å². The minimum atomic E-state index is -0.176. The van der Waals surface area contributed by atoms with Crippen LogP contribution in [0.25, 0.3) is 0 Å². The summed E-state index contributed by atoms with van der Waals surface area (Å²) in [5.74, 6) is -0.176. The third kappa shape index (κ3) is 3.45. The van der Waals surface area contributed by atoms with Crippen LogP contribution in [0.5, 0.6) is 0 Å². The lowest BCUT2D eigenvalue weighted by molar-refractivity contribution is 0.0730. The molecule has 1 aromatic rings. The van der Waals surface area contributed by atoms with Gasteiger partial charge in [0, 0.05) is 15.5 Å². The van der Waals surface area contributed by atoms with Crippen molar-refractivity contribution in [2.24, 2.45) is 0 Å². The van der Waals surface area contributed by atoms with E-state index in [1.54, 1.807) is 18.2 Å². The predicted molar refractivity (Wildman–Crippen MR) is 70.9 cm³/mol. The lowest BCUT2D eigenvalue weighted by Crippen LogP contribution is -2.37. The number of benzene rings is 1. The van der Waals surface area contributed by atoms with Crippen LogP contribution in [0.1, 0.15) is 24.2 Å². The molecule has 0 aromatic heterocycles. The summed E-state index contributed by atoms with van der Waals surface area (Å²) in [4.78, 5) is 13.7. The molecular weight excluding hydrogens is 304 g/mol. The lowest BCUT2D eigenvalue weighted by atomic mass is 10.1. The van der Waals surface area contributed by atoms with E-state index in [9.17, 15) is 4.79 Å². The third-order valence-corrected chi connectivity index (χ3v) is 3.18. The Morgan fingerprint density at radius 3 is 2.71 bits per heavy atom. The first-order valence-electron chi connectivity index (χ1n) is 5.10. The fourth-order valence-corrected chi connectivity index (χ4v) is 2.23. The highest BCUT2D eigenvalue weighted by Gasteiger charge is 2.20. The summed E-state index contributed by atoms with van der Waals surface area (Å²) < 4.78 is 0.638. The van der Waals surface area contributed by atoms with E-state index in [4.69, 9.17) is 16.9 Å². The number of hydrogen-bond acceptors (Lipinski definition) is 2. The van der Waals surface area contributed by atoms with Crippen LogP contribution in [0.3, 0.4) is 0 Å². The molecule has 3 nitrogen and oxygen atoms in total. The van der Waals surface area contributed by atoms with E-state index in [1.165, 1.54) is 4.90 Å². The van der Waals surface area contributed by atoms with Gasteiger partial charge >= 0.3 is 0 Å². The molecule has 1 amide bonds. The van der Waals surface area contributed by atoms with Gasteiger partial charge in [0.1, 0.15) is 6.54 Å². The van der Waals surface area contributed by atoms with Crippen molar-refractivity contribution in [1.82, 2.24) is 4.90 Å². The number of amides is 1. The second-order valence-electron chi connectivity index (χ2n) is 3.81. The van der Waals surface area contributed by atoms with Crippen molar-refractivity contribution >= 4 is 33.4 Å². The van der Waals surface area contributed by atoms with Crippen molar-refractivity contribution in [3.05, 3.63) is 33.3 Å². The molecular formula is C12H12BrClN2O. The molecule has 1 rings (SSSR count). The van der Waals surface area contributed by atoms with E-state index in [0.717, 1.165) is 0 Å². The Morgan fingerprint density at radius 2 is 2.24 bits per heavy atom. The highest BCUT2D eigenvalue weighted by molar-refractivity contribution is 9.10. The van der Waals surface area contributed by atoms with Crippen LogP contribution >= 0.6 is 27.5 Å². The van der Waals surface area contributed by atoms with E-state index in [1.807, 2.05) is 19.9 Å². The SMILES string of the molecule is CC(C)N(CC#N)C(=O)c1ccc(Cl)cc1Br. The molecule has 0 N–H and O–H groups in total. The zero-order chi connectivity index (χ0) is 13.0. The van der Waals surface area contributed by atoms with Crippen LogP contribution in [0.15, 0.2) is 22.7 Å². The standard InChI is InChI=1S/C12H12BrClN2O/c1-8(2)16(6-5-15)12(17)10-4-3-9(14)7-11(10)13/h3-4,7-8H,6H2,1-2H3. The van der Waals surface area contributed by atoms with Gasteiger partial charge in [-0.3, -0.25) is 4.79 Å². The minimum absolute atomic E-state index is 0.0234. The third-order valence-electron chi connectivity index (χ3n) is 2.29. The molecule has 0 spiro atoms. The van der Waals surface area contributed by atoms with Crippen LogP contribution in [-0.4, -0.2) is 23.4 Å². The Hall–Kier alpha value is -1.05. The molecule has 0 fully saturated rings. The monoisotopic (exact) mass is 314 g/mol. The van der Waals surface area contributed by atoms with Crippen LogP contribution < -0.4 is 0 Å². The average molecular weight is 316 g/mol. The Balaban J connectivity index is 3.06. The molecule has 0 saturated heterocycles. The smallest absolute Gasteiger partial charge is 0.256 e. The van der Waals surface area contributed by atoms with Crippen molar-refractivity contribution in [2.75, 3.05) is 6.54 Å². The topological polar surface area (TPSA) is 44.1 Å². The molecule has 5 heteroatoms. The quantitative estimate of drug-likeness (QED) is 0.802. The summed E-state index contributed by atoms with van der Waals surface area (Å²) in [6, 6.07) is 6.95. The Bertz CT molecular complexity index is 468. The van der Waals surface area contributed by atoms with Crippen LogP contribution in [0.4, 0.5) is 0 Å². The molecule has 90 valence electrons. The van der Waals surface area contributed by atoms with Crippen molar-refractivity contribution in [1.29, 1.82) is 5.26 Å². The van der Waals surface area contributed by atoms with Gasteiger partial charge in [0.05, 0.1) is 11.6 Å². The first kappa shape index (κ1) is 14.0. The maximum atomic E-state index is 12.2. The second-order valence-corrected chi connectivity index (χ2v) is 5.10. The molecule has 0 unspecified atom stereocenters. The molecule has 0 aliphatic carbocycles. The number of carbonyl (C=O) groups is 1. The van der Waals surface area contributed by atoms with E-state index in [0.29, 0.717) is 15.1 Å². The zero-order valence-electron chi connectivity index (χ0n) is 9.58. The largest absolute Gasteiger partial charge is 0.323 e. The van der Waals surface area contributed by atoms with Gasteiger partial charge in [0.2, 0.25) is 0 Å². The van der Waals surface area contributed by atoms with Gasteiger partial charge in [-0.1, -0.05) is 11.6 Å². The fraction of sp³-hybridized carbons (Fsp3) is 0.333. The van der Waals surface area contributed by atoms with E-state index in [2.05, 4.69) is 15.9 Å². The average Bonchev–Trinajstić information content (AvgIpc) is 2.24. The van der Waals surface area contributed by atoms with E-state index in [-0.39, 0.29) is 18.5 Å². The molecule has 0 aliphatic heterocycles. The maximum absolute atomic E-state index is 12.2. The number of carbonyl (C=O) groups excluding carboxylic acids is 1. The highest BCUT2D eigenvalue weighted by atomic mass is 79.9. The van der Waals surface area contributed by atoms with Gasteiger partial charge in [-0.05, 0) is 48.0 Å². The predicted octanol–water partition coefficient (Wildman–Crippen LogP) is 3.48. The highest BCUT2D eigenvalue weighted by Crippen LogP contribution is 2.23. The van der Waals surface area contributed by atoms with Gasteiger partial charge in [-0.2, -0.15) is 5.26 Å². The molecule has 0 saturated carbocycles. The Kier molecular flexibility index (Phi) is 4.98. The van der Waals surface area contributed by atoms with Gasteiger partial charge in [0.25, 0.3) is 5.91 Å². The summed E-state index contributed by atoms with van der Waals surface area (Å²) in [5, 5.41) is 9.28. The van der Waals surface area contributed by atoms with Crippen molar-refractivity contribution in [3.63, 3.8) is 0 Å². The van der Waals surface area contributed by atoms with Crippen LogP contribution in [0, 0.1) is 11.3 Å². The normalized spacial score (nSPS) is 10.1. The molecule has 0 aliphatic rings. The van der Waals surface area contributed by atoms with Gasteiger partial charge in [0.15, 0.2) is 0 Å². The number of rotatable bonds is 3. The van der Waals surface area contributed by atoms with E-state index < -0.39 is 0 Å². The summed E-state index contributed by atoms with van der Waals surface area (Å²) in [6.07, 6.45) is 0. The van der Waals surface area contributed by atoms with Crippen LogP contribution in [0.2, 0.25) is 5.02 Å². The second kappa shape index (κ2) is 6.04. The fourth-order valence-electron chi connectivity index (χ4n) is 1.38. The molecule has 0 radical (unpaired) electrons. The van der Waals surface area contributed by atoms with Gasteiger partial charge in [-0.15, -0.1) is 0 Å². The van der Waals surface area contributed by atoms with Crippen molar-refractivity contribution in [3.8, 4) is 6.07 Å². The summed E-state index contributed by atoms with van der Waals surface area (Å²) in [5.41, 5.74) is 0.512. The number of nitrogens with zero attached hydrogens (tertiary/aromatic N) is 2. The van der Waals surface area contributed by atoms with Gasteiger partial charge < -0.3 is 4.90 Å². The minimum Gasteiger partial charge on any atom is -0.323 e. The number of hydrogen-bond donors (Lipinski definition) is 0. The number of halogens is 2. The molecule has 1 aromatic carbocycles. The molecule has 0 bridgehead atoms. The Morgan fingerprint density at radius 1 is 1.59 bits per heavy atom. The summed E-state index contributed by atoms with van der Waals surface area (Å²) >= 11 is 9.12. The van der Waals surface area contributed by atoms with Crippen molar-refractivity contribution in [2.45, 2.75) is 19.9 Å². The summed E-state index contributed by atoms with van der Waals surface area (Å²) in [7, 11) is 0. The first-order valence-corrected chi connectivity index (χ1v) is 6.27. The van der Waals surface area contributed by atoms with Crippen molar-refractivity contribution < 1.29 is 4.79 Å². The van der Waals surface area contributed by atoms with Crippen LogP contribution in [-0.2, 0) is 0 Å². The van der Waals surface area contributed by atoms with E-state index >= 15 is 0 Å². The first-order chi connectivity index (χ1) is 7.97. The molecule has 17 heavy (non-hydrogen) atoms.